The van der Waals surface area contributed by atoms with Crippen LogP contribution in [0.3, 0.4) is 0 Å². The number of carbonyl (C=O) groups is 1. The van der Waals surface area contributed by atoms with Gasteiger partial charge in [-0.2, -0.15) is 0 Å². The standard InChI is InChI=1S/C15H10ClNO3S/c1-2-11-5-3-7-13(9-11)17-15(18)12-6-4-8-14(10-12)21(16,19)20/h1,3-10H,(H,17,18). The minimum Gasteiger partial charge on any atom is -0.322 e. The van der Waals surface area contributed by atoms with E-state index in [-0.39, 0.29) is 10.5 Å². The van der Waals surface area contributed by atoms with Crippen molar-refractivity contribution in [3.05, 3.63) is 59.7 Å². The van der Waals surface area contributed by atoms with Crippen molar-refractivity contribution in [1.29, 1.82) is 0 Å². The summed E-state index contributed by atoms with van der Waals surface area (Å²) in [7, 11) is 1.38. The van der Waals surface area contributed by atoms with E-state index in [4.69, 9.17) is 17.1 Å². The van der Waals surface area contributed by atoms with Gasteiger partial charge in [-0.25, -0.2) is 8.42 Å². The zero-order valence-corrected chi connectivity index (χ0v) is 12.3. The second-order valence-electron chi connectivity index (χ2n) is 4.14. The van der Waals surface area contributed by atoms with Gasteiger partial charge < -0.3 is 5.32 Å². The Morgan fingerprint density at radius 2 is 1.86 bits per heavy atom. The van der Waals surface area contributed by atoms with E-state index in [0.717, 1.165) is 0 Å². The van der Waals surface area contributed by atoms with Crippen molar-refractivity contribution in [3.63, 3.8) is 0 Å². The quantitative estimate of drug-likeness (QED) is 0.699. The van der Waals surface area contributed by atoms with Crippen molar-refractivity contribution in [3.8, 4) is 12.3 Å². The molecule has 0 radical (unpaired) electrons. The Balaban J connectivity index is 2.27. The molecule has 4 nitrogen and oxygen atoms in total. The van der Waals surface area contributed by atoms with E-state index in [1.54, 1.807) is 24.3 Å². The second kappa shape index (κ2) is 6.00. The van der Waals surface area contributed by atoms with Crippen molar-refractivity contribution >= 4 is 31.3 Å². The number of hydrogen-bond donors (Lipinski definition) is 1. The summed E-state index contributed by atoms with van der Waals surface area (Å²) in [5, 5.41) is 2.64. The van der Waals surface area contributed by atoms with Gasteiger partial charge in [0.25, 0.3) is 15.0 Å². The van der Waals surface area contributed by atoms with Crippen LogP contribution in [0.4, 0.5) is 5.69 Å². The molecule has 0 aliphatic carbocycles. The molecule has 2 rings (SSSR count). The number of amides is 1. The first-order valence-corrected chi connectivity index (χ1v) is 8.14. The predicted molar refractivity (Wildman–Crippen MR) is 81.8 cm³/mol. The summed E-state index contributed by atoms with van der Waals surface area (Å²) in [5.74, 6) is 2.01. The molecule has 2 aromatic rings. The van der Waals surface area contributed by atoms with Crippen LogP contribution in [0.5, 0.6) is 0 Å². The monoisotopic (exact) mass is 319 g/mol. The molecule has 0 heterocycles. The molecule has 6 heteroatoms. The number of hydrogen-bond acceptors (Lipinski definition) is 3. The maximum atomic E-state index is 12.1. The van der Waals surface area contributed by atoms with E-state index in [2.05, 4.69) is 11.2 Å². The average molecular weight is 320 g/mol. The first kappa shape index (κ1) is 15.1. The van der Waals surface area contributed by atoms with Crippen LogP contribution in [0.1, 0.15) is 15.9 Å². The molecule has 0 atom stereocenters. The fourth-order valence-corrected chi connectivity index (χ4v) is 2.48. The largest absolute Gasteiger partial charge is 0.322 e. The highest BCUT2D eigenvalue weighted by molar-refractivity contribution is 8.13. The fourth-order valence-electron chi connectivity index (χ4n) is 1.68. The zero-order chi connectivity index (χ0) is 15.5. The number of carbonyl (C=O) groups excluding carboxylic acids is 1. The van der Waals surface area contributed by atoms with Gasteiger partial charge in [-0.1, -0.05) is 18.1 Å². The Labute approximate surface area is 127 Å². The third-order valence-corrected chi connectivity index (χ3v) is 4.02. The molecule has 0 saturated heterocycles. The molecule has 0 aromatic heterocycles. The molecular formula is C15H10ClNO3S. The molecule has 21 heavy (non-hydrogen) atoms. The lowest BCUT2D eigenvalue weighted by Crippen LogP contribution is -2.12. The Morgan fingerprint density at radius 3 is 2.52 bits per heavy atom. The highest BCUT2D eigenvalue weighted by Gasteiger charge is 2.13. The molecule has 1 amide bonds. The number of nitrogens with one attached hydrogen (secondary N) is 1. The van der Waals surface area contributed by atoms with E-state index in [0.29, 0.717) is 11.3 Å². The fraction of sp³-hybridized carbons (Fsp3) is 0. The van der Waals surface area contributed by atoms with Crippen molar-refractivity contribution < 1.29 is 13.2 Å². The van der Waals surface area contributed by atoms with Crippen LogP contribution in [-0.2, 0) is 9.05 Å². The molecule has 0 bridgehead atoms. The zero-order valence-electron chi connectivity index (χ0n) is 10.7. The first-order chi connectivity index (χ1) is 9.90. The Kier molecular flexibility index (Phi) is 4.32. The number of rotatable bonds is 3. The first-order valence-electron chi connectivity index (χ1n) is 5.83. The van der Waals surface area contributed by atoms with Gasteiger partial charge in [-0.05, 0) is 36.4 Å². The minimum absolute atomic E-state index is 0.130. The van der Waals surface area contributed by atoms with Crippen molar-refractivity contribution in [2.75, 3.05) is 5.32 Å². The van der Waals surface area contributed by atoms with Crippen molar-refractivity contribution in [2.45, 2.75) is 4.90 Å². The van der Waals surface area contributed by atoms with Gasteiger partial charge in [-0.15, -0.1) is 6.42 Å². The number of benzene rings is 2. The summed E-state index contributed by atoms with van der Waals surface area (Å²) in [4.78, 5) is 12.0. The Morgan fingerprint density at radius 1 is 1.14 bits per heavy atom. The number of anilines is 1. The van der Waals surface area contributed by atoms with E-state index < -0.39 is 15.0 Å². The van der Waals surface area contributed by atoms with Gasteiger partial charge in [0.2, 0.25) is 0 Å². The third-order valence-electron chi connectivity index (χ3n) is 2.66. The number of halogens is 1. The van der Waals surface area contributed by atoms with Gasteiger partial charge in [0.05, 0.1) is 4.90 Å². The molecular weight excluding hydrogens is 310 g/mol. The summed E-state index contributed by atoms with van der Waals surface area (Å²) >= 11 is 0. The SMILES string of the molecule is C#Cc1cccc(NC(=O)c2cccc(S(=O)(=O)Cl)c2)c1. The van der Waals surface area contributed by atoms with Crippen LogP contribution in [0, 0.1) is 12.3 Å². The minimum atomic E-state index is -3.88. The van der Waals surface area contributed by atoms with Crippen LogP contribution < -0.4 is 5.32 Å². The molecule has 1 N–H and O–H groups in total. The summed E-state index contributed by atoms with van der Waals surface area (Å²) < 4.78 is 22.5. The van der Waals surface area contributed by atoms with Crippen molar-refractivity contribution in [1.82, 2.24) is 0 Å². The second-order valence-corrected chi connectivity index (χ2v) is 6.71. The summed E-state index contributed by atoms with van der Waals surface area (Å²) in [6, 6.07) is 12.2. The molecule has 0 aliphatic rings. The normalized spacial score (nSPS) is 10.7. The molecule has 0 aliphatic heterocycles. The van der Waals surface area contributed by atoms with Crippen LogP contribution in [0.15, 0.2) is 53.4 Å². The topological polar surface area (TPSA) is 63.2 Å². The maximum Gasteiger partial charge on any atom is 0.261 e. The molecule has 0 spiro atoms. The number of terminal acetylenes is 1. The van der Waals surface area contributed by atoms with Gasteiger partial charge in [0.1, 0.15) is 0 Å². The average Bonchev–Trinajstić information content (AvgIpc) is 2.46. The van der Waals surface area contributed by atoms with E-state index in [1.165, 1.54) is 24.3 Å². The van der Waals surface area contributed by atoms with Gasteiger partial charge in [0.15, 0.2) is 0 Å². The molecule has 0 saturated carbocycles. The molecule has 106 valence electrons. The Bertz CT molecular complexity index is 838. The summed E-state index contributed by atoms with van der Waals surface area (Å²) in [6.07, 6.45) is 5.28. The highest BCUT2D eigenvalue weighted by Crippen LogP contribution is 2.17. The molecule has 0 fully saturated rings. The predicted octanol–water partition coefficient (Wildman–Crippen LogP) is 2.85. The third kappa shape index (κ3) is 3.85. The van der Waals surface area contributed by atoms with Gasteiger partial charge in [-0.3, -0.25) is 4.79 Å². The summed E-state index contributed by atoms with van der Waals surface area (Å²) in [6.45, 7) is 0. The lowest BCUT2D eigenvalue weighted by atomic mass is 10.2. The van der Waals surface area contributed by atoms with Crippen LogP contribution in [-0.4, -0.2) is 14.3 Å². The lowest BCUT2D eigenvalue weighted by Gasteiger charge is -2.06. The van der Waals surface area contributed by atoms with Crippen LogP contribution >= 0.6 is 10.7 Å². The van der Waals surface area contributed by atoms with Crippen molar-refractivity contribution in [2.24, 2.45) is 0 Å². The van der Waals surface area contributed by atoms with E-state index in [1.807, 2.05) is 0 Å². The van der Waals surface area contributed by atoms with Gasteiger partial charge in [0, 0.05) is 27.5 Å². The van der Waals surface area contributed by atoms with Crippen LogP contribution in [0.2, 0.25) is 0 Å². The van der Waals surface area contributed by atoms with Gasteiger partial charge >= 0.3 is 0 Å². The highest BCUT2D eigenvalue weighted by atomic mass is 35.7. The van der Waals surface area contributed by atoms with Crippen LogP contribution in [0.25, 0.3) is 0 Å². The molecule has 0 unspecified atom stereocenters. The summed E-state index contributed by atoms with van der Waals surface area (Å²) in [5.41, 5.74) is 1.34. The Hall–Kier alpha value is -2.29. The van der Waals surface area contributed by atoms with E-state index in [9.17, 15) is 13.2 Å². The molecule has 2 aromatic carbocycles. The maximum absolute atomic E-state index is 12.1. The lowest BCUT2D eigenvalue weighted by molar-refractivity contribution is 0.102. The van der Waals surface area contributed by atoms with E-state index >= 15 is 0 Å². The smallest absolute Gasteiger partial charge is 0.261 e.